The molecule has 0 radical (unpaired) electrons. The molecule has 0 saturated heterocycles. The lowest BCUT2D eigenvalue weighted by Crippen LogP contribution is -2.42. The molecule has 0 amide bonds. The van der Waals surface area contributed by atoms with Crippen molar-refractivity contribution in [3.05, 3.63) is 41.2 Å². The van der Waals surface area contributed by atoms with Crippen LogP contribution in [-0.2, 0) is 9.53 Å². The highest BCUT2D eigenvalue weighted by Crippen LogP contribution is 2.35. The van der Waals surface area contributed by atoms with E-state index in [0.29, 0.717) is 28.9 Å². The van der Waals surface area contributed by atoms with Crippen molar-refractivity contribution in [1.29, 1.82) is 0 Å². The second-order valence-corrected chi connectivity index (χ2v) is 9.77. The Morgan fingerprint density at radius 3 is 2.52 bits per heavy atom. The maximum Gasteiger partial charge on any atom is 0.303 e. The lowest BCUT2D eigenvalue weighted by Gasteiger charge is -2.39. The molecule has 1 aliphatic carbocycles. The summed E-state index contributed by atoms with van der Waals surface area (Å²) in [5.74, 6) is 1.01. The molecule has 1 aliphatic rings. The Labute approximate surface area is 201 Å². The molecule has 2 N–H and O–H groups in total. The smallest absolute Gasteiger partial charge is 0.303 e. The molecular weight excluding hydrogens is 440 g/mol. The molecule has 0 spiro atoms. The number of halogens is 1. The first kappa shape index (κ1) is 25.2. The van der Waals surface area contributed by atoms with Gasteiger partial charge < -0.3 is 20.1 Å². The molecule has 180 valence electrons. The highest BCUT2D eigenvalue weighted by atomic mass is 35.5. The highest BCUT2D eigenvalue weighted by Gasteiger charge is 2.29. The zero-order chi connectivity index (χ0) is 24.0. The van der Waals surface area contributed by atoms with Crippen LogP contribution in [0.3, 0.4) is 0 Å². The quantitative estimate of drug-likeness (QED) is 0.445. The fourth-order valence-electron chi connectivity index (χ4n) is 4.43. The summed E-state index contributed by atoms with van der Waals surface area (Å²) in [6.07, 6.45) is 7.95. The number of aliphatic carboxylic acids is 1. The summed E-state index contributed by atoms with van der Waals surface area (Å²) in [6.45, 7) is 7.21. The van der Waals surface area contributed by atoms with Gasteiger partial charge in [0.25, 0.3) is 0 Å². The number of rotatable bonds is 10. The van der Waals surface area contributed by atoms with Gasteiger partial charge in [-0.1, -0.05) is 32.4 Å². The van der Waals surface area contributed by atoms with Gasteiger partial charge in [0.15, 0.2) is 5.82 Å². The zero-order valence-corrected chi connectivity index (χ0v) is 20.7. The van der Waals surface area contributed by atoms with Crippen LogP contribution in [0.25, 0.3) is 0 Å². The van der Waals surface area contributed by atoms with Gasteiger partial charge in [0.05, 0.1) is 23.2 Å². The molecule has 1 saturated carbocycles. The number of anilines is 3. The van der Waals surface area contributed by atoms with Crippen LogP contribution in [0.4, 0.5) is 17.3 Å². The topological polar surface area (TPSA) is 87.6 Å². The van der Waals surface area contributed by atoms with Crippen molar-refractivity contribution in [1.82, 2.24) is 9.97 Å². The number of carboxylic acid groups (broad SMARTS) is 1. The summed E-state index contributed by atoms with van der Waals surface area (Å²) in [7, 11) is 1.79. The first-order chi connectivity index (χ1) is 15.8. The molecule has 2 aromatic rings. The Balaban J connectivity index is 1.98. The second-order valence-electron chi connectivity index (χ2n) is 9.34. The van der Waals surface area contributed by atoms with Crippen LogP contribution in [0.5, 0.6) is 0 Å². The SMILES string of the molecule is COC1CCC(N(CC(C)C)c2ncc(C(C)CC(=O)O)cc2Nc2ccc(Cl)cn2)CC1. The number of nitrogens with one attached hydrogen (secondary N) is 1. The van der Waals surface area contributed by atoms with Crippen LogP contribution in [0.15, 0.2) is 30.6 Å². The lowest BCUT2D eigenvalue weighted by molar-refractivity contribution is -0.137. The first-order valence-corrected chi connectivity index (χ1v) is 12.0. The number of hydrogen-bond acceptors (Lipinski definition) is 6. The summed E-state index contributed by atoms with van der Waals surface area (Å²) in [4.78, 5) is 22.9. The molecule has 33 heavy (non-hydrogen) atoms. The molecule has 0 aliphatic heterocycles. The number of aromatic nitrogens is 2. The summed E-state index contributed by atoms with van der Waals surface area (Å²) in [5, 5.41) is 13.2. The van der Waals surface area contributed by atoms with E-state index in [9.17, 15) is 9.90 Å². The Kier molecular flexibility index (Phi) is 8.92. The van der Waals surface area contributed by atoms with E-state index in [-0.39, 0.29) is 12.3 Å². The van der Waals surface area contributed by atoms with Crippen molar-refractivity contribution < 1.29 is 14.6 Å². The molecule has 2 heterocycles. The predicted octanol–water partition coefficient (Wildman–Crippen LogP) is 5.87. The van der Waals surface area contributed by atoms with Gasteiger partial charge in [-0.25, -0.2) is 9.97 Å². The normalized spacial score (nSPS) is 19.3. The molecule has 0 aromatic carbocycles. The molecule has 2 aromatic heterocycles. The third-order valence-corrected chi connectivity index (χ3v) is 6.40. The number of pyridine rings is 2. The van der Waals surface area contributed by atoms with Gasteiger partial charge in [-0.2, -0.15) is 0 Å². The molecule has 3 rings (SSSR count). The van der Waals surface area contributed by atoms with Crippen molar-refractivity contribution in [2.24, 2.45) is 5.92 Å². The summed E-state index contributed by atoms with van der Waals surface area (Å²) in [5.41, 5.74) is 1.71. The van der Waals surface area contributed by atoms with E-state index in [1.807, 2.05) is 25.3 Å². The van der Waals surface area contributed by atoms with E-state index in [4.69, 9.17) is 21.3 Å². The first-order valence-electron chi connectivity index (χ1n) is 11.7. The number of carboxylic acids is 1. The van der Waals surface area contributed by atoms with Crippen LogP contribution in [0, 0.1) is 5.92 Å². The minimum Gasteiger partial charge on any atom is -0.481 e. The van der Waals surface area contributed by atoms with Crippen molar-refractivity contribution in [3.8, 4) is 0 Å². The van der Waals surface area contributed by atoms with Crippen molar-refractivity contribution >= 4 is 34.9 Å². The van der Waals surface area contributed by atoms with Crippen LogP contribution < -0.4 is 10.2 Å². The third-order valence-electron chi connectivity index (χ3n) is 6.18. The molecule has 8 heteroatoms. The van der Waals surface area contributed by atoms with Crippen molar-refractivity contribution in [2.45, 2.75) is 70.9 Å². The molecule has 7 nitrogen and oxygen atoms in total. The van der Waals surface area contributed by atoms with E-state index < -0.39 is 5.97 Å². The van der Waals surface area contributed by atoms with Crippen LogP contribution >= 0.6 is 11.6 Å². The summed E-state index contributed by atoms with van der Waals surface area (Å²) >= 11 is 6.02. The van der Waals surface area contributed by atoms with E-state index in [1.165, 1.54) is 0 Å². The van der Waals surface area contributed by atoms with E-state index in [2.05, 4.69) is 29.0 Å². The number of nitrogens with zero attached hydrogens (tertiary/aromatic N) is 3. The largest absolute Gasteiger partial charge is 0.481 e. The minimum atomic E-state index is -0.822. The summed E-state index contributed by atoms with van der Waals surface area (Å²) < 4.78 is 5.58. The maximum absolute atomic E-state index is 11.3. The van der Waals surface area contributed by atoms with Crippen LogP contribution in [0.1, 0.15) is 64.4 Å². The Bertz CT molecular complexity index is 914. The Hall–Kier alpha value is -2.38. The summed E-state index contributed by atoms with van der Waals surface area (Å²) in [6, 6.07) is 6.00. The van der Waals surface area contributed by atoms with Crippen molar-refractivity contribution in [2.75, 3.05) is 23.9 Å². The standard InChI is InChI=1S/C25H35ClN4O3/c1-16(2)15-30(20-6-8-21(33-4)9-7-20)25-22(29-23-10-5-19(26)14-27-23)12-18(13-28-25)17(3)11-24(31)32/h5,10,12-14,16-17,20-21H,6-9,11,15H2,1-4H3,(H,27,29)(H,31,32). The third kappa shape index (κ3) is 7.05. The average molecular weight is 475 g/mol. The Morgan fingerprint density at radius 1 is 1.21 bits per heavy atom. The lowest BCUT2D eigenvalue weighted by atomic mass is 9.91. The van der Waals surface area contributed by atoms with Crippen LogP contribution in [-0.4, -0.2) is 46.8 Å². The number of ether oxygens (including phenoxy) is 1. The van der Waals surface area contributed by atoms with Gasteiger partial charge in [-0.05, 0) is 61.3 Å². The van der Waals surface area contributed by atoms with Crippen LogP contribution in [0.2, 0.25) is 5.02 Å². The molecule has 0 bridgehead atoms. The maximum atomic E-state index is 11.3. The van der Waals surface area contributed by atoms with Gasteiger partial charge in [0.2, 0.25) is 0 Å². The number of hydrogen-bond donors (Lipinski definition) is 2. The van der Waals surface area contributed by atoms with E-state index in [1.54, 1.807) is 19.4 Å². The number of carbonyl (C=O) groups is 1. The van der Waals surface area contributed by atoms with Gasteiger partial charge >= 0.3 is 5.97 Å². The molecule has 1 unspecified atom stereocenters. The predicted molar refractivity (Wildman–Crippen MR) is 133 cm³/mol. The molecule has 1 atom stereocenters. The molecular formula is C25H35ClN4O3. The minimum absolute atomic E-state index is 0.0520. The zero-order valence-electron chi connectivity index (χ0n) is 19.9. The Morgan fingerprint density at radius 2 is 1.94 bits per heavy atom. The van der Waals surface area contributed by atoms with E-state index >= 15 is 0 Å². The van der Waals surface area contributed by atoms with E-state index in [0.717, 1.165) is 49.3 Å². The van der Waals surface area contributed by atoms with Gasteiger partial charge in [0, 0.05) is 32.1 Å². The second kappa shape index (κ2) is 11.7. The monoisotopic (exact) mass is 474 g/mol. The fraction of sp³-hybridized carbons (Fsp3) is 0.560. The number of methoxy groups -OCH3 is 1. The van der Waals surface area contributed by atoms with Crippen molar-refractivity contribution in [3.63, 3.8) is 0 Å². The fourth-order valence-corrected chi connectivity index (χ4v) is 4.54. The molecule has 1 fully saturated rings. The average Bonchev–Trinajstić information content (AvgIpc) is 2.78. The van der Waals surface area contributed by atoms with Gasteiger partial charge in [0.1, 0.15) is 5.82 Å². The highest BCUT2D eigenvalue weighted by molar-refractivity contribution is 6.30. The van der Waals surface area contributed by atoms with Gasteiger partial charge in [-0.3, -0.25) is 4.79 Å². The van der Waals surface area contributed by atoms with Gasteiger partial charge in [-0.15, -0.1) is 0 Å².